The van der Waals surface area contributed by atoms with Crippen LogP contribution in [0.1, 0.15) is 18.5 Å². The molecule has 1 aromatic heterocycles. The average Bonchev–Trinajstić information content (AvgIpc) is 2.89. The second-order valence-electron chi connectivity index (χ2n) is 4.68. The number of nitrogens with zero attached hydrogens (tertiary/aromatic N) is 1. The van der Waals surface area contributed by atoms with Crippen LogP contribution in [0, 0.1) is 11.6 Å². The van der Waals surface area contributed by atoms with Gasteiger partial charge in [0.25, 0.3) is 0 Å². The lowest BCUT2D eigenvalue weighted by Crippen LogP contribution is -2.09. The maximum absolute atomic E-state index is 13.7. The molecule has 0 radical (unpaired) electrons. The van der Waals surface area contributed by atoms with Crippen molar-refractivity contribution in [3.05, 3.63) is 59.8 Å². The molecular weight excluding hydrogens is 260 g/mol. The fourth-order valence-electron chi connectivity index (χ4n) is 2.21. The number of rotatable bonds is 3. The van der Waals surface area contributed by atoms with Crippen LogP contribution in [0.4, 0.5) is 14.5 Å². The van der Waals surface area contributed by atoms with E-state index >= 15 is 0 Å². The molecule has 0 aliphatic carbocycles. The Morgan fingerprint density at radius 2 is 2.05 bits per heavy atom. The van der Waals surface area contributed by atoms with Crippen LogP contribution in [-0.2, 0) is 0 Å². The maximum atomic E-state index is 13.7. The highest BCUT2D eigenvalue weighted by Crippen LogP contribution is 2.24. The van der Waals surface area contributed by atoms with Crippen molar-refractivity contribution >= 4 is 16.6 Å². The lowest BCUT2D eigenvalue weighted by atomic mass is 10.1. The van der Waals surface area contributed by atoms with Crippen LogP contribution >= 0.6 is 0 Å². The van der Waals surface area contributed by atoms with Crippen LogP contribution in [0.15, 0.2) is 42.6 Å². The lowest BCUT2D eigenvalue weighted by molar-refractivity contribution is 0.494. The van der Waals surface area contributed by atoms with E-state index in [1.807, 2.05) is 18.2 Å². The summed E-state index contributed by atoms with van der Waals surface area (Å²) in [6, 6.07) is 9.53. The predicted molar refractivity (Wildman–Crippen MR) is 74.5 cm³/mol. The quantitative estimate of drug-likeness (QED) is 0.756. The van der Waals surface area contributed by atoms with E-state index in [4.69, 9.17) is 0 Å². The van der Waals surface area contributed by atoms with Gasteiger partial charge in [-0.3, -0.25) is 5.10 Å². The van der Waals surface area contributed by atoms with Gasteiger partial charge in [0.1, 0.15) is 0 Å². The van der Waals surface area contributed by atoms with Crippen LogP contribution in [0.3, 0.4) is 0 Å². The van der Waals surface area contributed by atoms with Gasteiger partial charge in [0.2, 0.25) is 0 Å². The van der Waals surface area contributed by atoms with Crippen molar-refractivity contribution in [2.75, 3.05) is 5.32 Å². The summed E-state index contributed by atoms with van der Waals surface area (Å²) in [5.41, 5.74) is 2.01. The maximum Gasteiger partial charge on any atom is 0.164 e. The number of hydrogen-bond donors (Lipinski definition) is 2. The molecule has 0 saturated heterocycles. The summed E-state index contributed by atoms with van der Waals surface area (Å²) in [6.45, 7) is 1.79. The number of nitrogens with one attached hydrogen (secondary N) is 2. The highest BCUT2D eigenvalue weighted by atomic mass is 19.2. The number of aromatic nitrogens is 2. The highest BCUT2D eigenvalue weighted by molar-refractivity contribution is 5.81. The summed E-state index contributed by atoms with van der Waals surface area (Å²) < 4.78 is 27.0. The molecule has 3 rings (SSSR count). The SMILES string of the molecule is CC(Nc1ccc2cn[nH]c2c1)c1cccc(F)c1F. The molecule has 1 unspecified atom stereocenters. The smallest absolute Gasteiger partial charge is 0.164 e. The van der Waals surface area contributed by atoms with Crippen LogP contribution in [-0.4, -0.2) is 10.2 Å². The standard InChI is InChI=1S/C15H13F2N3/c1-9(12-3-2-4-13(16)15(12)17)19-11-6-5-10-8-18-20-14(10)7-11/h2-9,19H,1H3,(H,18,20). The summed E-state index contributed by atoms with van der Waals surface area (Å²) in [6.07, 6.45) is 1.73. The van der Waals surface area contributed by atoms with Crippen LogP contribution < -0.4 is 5.32 Å². The second-order valence-corrected chi connectivity index (χ2v) is 4.68. The van der Waals surface area contributed by atoms with Gasteiger partial charge in [-0.15, -0.1) is 0 Å². The van der Waals surface area contributed by atoms with Crippen molar-refractivity contribution in [2.24, 2.45) is 0 Å². The number of fused-ring (bicyclic) bond motifs is 1. The van der Waals surface area contributed by atoms with Gasteiger partial charge in [-0.2, -0.15) is 5.10 Å². The topological polar surface area (TPSA) is 40.7 Å². The Kier molecular flexibility index (Phi) is 3.10. The number of halogens is 2. The average molecular weight is 273 g/mol. The first-order valence-corrected chi connectivity index (χ1v) is 6.29. The zero-order chi connectivity index (χ0) is 14.1. The van der Waals surface area contributed by atoms with Gasteiger partial charge in [0.05, 0.1) is 17.8 Å². The third-order valence-electron chi connectivity index (χ3n) is 3.27. The molecule has 0 aliphatic rings. The first-order chi connectivity index (χ1) is 9.65. The molecule has 1 atom stereocenters. The van der Waals surface area contributed by atoms with E-state index in [0.717, 1.165) is 22.7 Å². The minimum absolute atomic E-state index is 0.301. The lowest BCUT2D eigenvalue weighted by Gasteiger charge is -2.16. The van der Waals surface area contributed by atoms with Crippen LogP contribution in [0.5, 0.6) is 0 Å². The van der Waals surface area contributed by atoms with Crippen LogP contribution in [0.2, 0.25) is 0 Å². The Hall–Kier alpha value is -2.43. The molecule has 0 amide bonds. The van der Waals surface area contributed by atoms with E-state index in [0.29, 0.717) is 5.56 Å². The molecule has 0 aliphatic heterocycles. The van der Waals surface area contributed by atoms with Crippen LogP contribution in [0.25, 0.3) is 10.9 Å². The monoisotopic (exact) mass is 273 g/mol. The van der Waals surface area contributed by atoms with Gasteiger partial charge < -0.3 is 5.32 Å². The van der Waals surface area contributed by atoms with E-state index in [-0.39, 0.29) is 6.04 Å². The molecule has 2 aromatic carbocycles. The normalized spacial score (nSPS) is 12.6. The molecule has 0 spiro atoms. The second kappa shape index (κ2) is 4.92. The minimum Gasteiger partial charge on any atom is -0.378 e. The zero-order valence-corrected chi connectivity index (χ0v) is 10.8. The Balaban J connectivity index is 1.87. The minimum atomic E-state index is -0.833. The molecule has 3 nitrogen and oxygen atoms in total. The van der Waals surface area contributed by atoms with Gasteiger partial charge in [0.15, 0.2) is 11.6 Å². The van der Waals surface area contributed by atoms with Crippen molar-refractivity contribution in [3.8, 4) is 0 Å². The Labute approximate surface area is 114 Å². The van der Waals surface area contributed by atoms with Crippen molar-refractivity contribution in [3.63, 3.8) is 0 Å². The molecule has 5 heteroatoms. The summed E-state index contributed by atoms with van der Waals surface area (Å²) >= 11 is 0. The van der Waals surface area contributed by atoms with E-state index < -0.39 is 11.6 Å². The van der Waals surface area contributed by atoms with E-state index in [1.165, 1.54) is 6.07 Å². The summed E-state index contributed by atoms with van der Waals surface area (Å²) in [5.74, 6) is -1.64. The van der Waals surface area contributed by atoms with E-state index in [2.05, 4.69) is 15.5 Å². The van der Waals surface area contributed by atoms with Crippen molar-refractivity contribution in [1.82, 2.24) is 10.2 Å². The fourth-order valence-corrected chi connectivity index (χ4v) is 2.21. The van der Waals surface area contributed by atoms with Gasteiger partial charge in [0, 0.05) is 16.6 Å². The number of aromatic amines is 1. The largest absolute Gasteiger partial charge is 0.378 e. The Morgan fingerprint density at radius 1 is 1.20 bits per heavy atom. The summed E-state index contributed by atoms with van der Waals surface area (Å²) in [5, 5.41) is 11.0. The molecule has 102 valence electrons. The molecule has 0 saturated carbocycles. The number of H-pyrrole nitrogens is 1. The molecule has 3 aromatic rings. The molecular formula is C15H13F2N3. The van der Waals surface area contributed by atoms with E-state index in [9.17, 15) is 8.78 Å². The highest BCUT2D eigenvalue weighted by Gasteiger charge is 2.14. The molecule has 0 bridgehead atoms. The third kappa shape index (κ3) is 2.22. The number of hydrogen-bond acceptors (Lipinski definition) is 2. The first kappa shape index (κ1) is 12.6. The van der Waals surface area contributed by atoms with Crippen molar-refractivity contribution in [2.45, 2.75) is 13.0 Å². The molecule has 2 N–H and O–H groups in total. The molecule has 0 fully saturated rings. The van der Waals surface area contributed by atoms with Gasteiger partial charge in [-0.05, 0) is 31.2 Å². The van der Waals surface area contributed by atoms with Gasteiger partial charge in [-0.25, -0.2) is 8.78 Å². The van der Waals surface area contributed by atoms with Gasteiger partial charge in [-0.1, -0.05) is 12.1 Å². The number of benzene rings is 2. The van der Waals surface area contributed by atoms with Crippen molar-refractivity contribution < 1.29 is 8.78 Å². The van der Waals surface area contributed by atoms with Gasteiger partial charge >= 0.3 is 0 Å². The van der Waals surface area contributed by atoms with Crippen molar-refractivity contribution in [1.29, 1.82) is 0 Å². The summed E-state index contributed by atoms with van der Waals surface area (Å²) in [7, 11) is 0. The summed E-state index contributed by atoms with van der Waals surface area (Å²) in [4.78, 5) is 0. The molecule has 20 heavy (non-hydrogen) atoms. The first-order valence-electron chi connectivity index (χ1n) is 6.29. The molecule has 1 heterocycles. The zero-order valence-electron chi connectivity index (χ0n) is 10.8. The third-order valence-corrected chi connectivity index (χ3v) is 3.27. The Bertz CT molecular complexity index is 752. The van der Waals surface area contributed by atoms with E-state index in [1.54, 1.807) is 19.2 Å². The number of anilines is 1. The predicted octanol–water partition coefficient (Wildman–Crippen LogP) is 4.01. The Morgan fingerprint density at radius 3 is 2.90 bits per heavy atom. The fraction of sp³-hybridized carbons (Fsp3) is 0.133.